The molecular weight excluding hydrogens is 492 g/mol. The predicted octanol–water partition coefficient (Wildman–Crippen LogP) is 8.11. The van der Waals surface area contributed by atoms with E-state index in [1.54, 1.807) is 50.2 Å². The lowest BCUT2D eigenvalue weighted by molar-refractivity contribution is -0.154. The standard InChI is InChI=1S/C25H17Cl2F3O4/c1-13-3-4-14(2)20(9-13)33-23-22(31)17-7-6-16(11-21(17)34-24(23)25(28,29)30)32-12-15-5-8-18(26)19(27)10-15/h3-11H,12H2,1-2H3. The summed E-state index contributed by atoms with van der Waals surface area (Å²) in [7, 11) is 0. The van der Waals surface area contributed by atoms with Crippen molar-refractivity contribution in [1.29, 1.82) is 0 Å². The van der Waals surface area contributed by atoms with Crippen LogP contribution in [-0.4, -0.2) is 0 Å². The summed E-state index contributed by atoms with van der Waals surface area (Å²) in [4.78, 5) is 13.0. The monoisotopic (exact) mass is 508 g/mol. The van der Waals surface area contributed by atoms with Gasteiger partial charge in [-0.3, -0.25) is 4.79 Å². The van der Waals surface area contributed by atoms with Crippen LogP contribution in [0.5, 0.6) is 17.2 Å². The molecule has 0 bridgehead atoms. The minimum atomic E-state index is -4.96. The molecule has 4 rings (SSSR count). The number of rotatable bonds is 5. The van der Waals surface area contributed by atoms with E-state index in [9.17, 15) is 18.0 Å². The Hall–Kier alpha value is -3.16. The van der Waals surface area contributed by atoms with Gasteiger partial charge in [0.2, 0.25) is 11.2 Å². The molecule has 3 aromatic carbocycles. The van der Waals surface area contributed by atoms with Crippen LogP contribution in [0.3, 0.4) is 0 Å². The van der Waals surface area contributed by atoms with E-state index in [0.29, 0.717) is 21.2 Å². The molecule has 0 N–H and O–H groups in total. The Bertz CT molecular complexity index is 1450. The van der Waals surface area contributed by atoms with Crippen molar-refractivity contribution < 1.29 is 27.1 Å². The lowest BCUT2D eigenvalue weighted by atomic mass is 10.1. The Morgan fingerprint density at radius 1 is 0.941 bits per heavy atom. The van der Waals surface area contributed by atoms with Gasteiger partial charge in [0.15, 0.2) is 0 Å². The van der Waals surface area contributed by atoms with Gasteiger partial charge in [0.1, 0.15) is 23.7 Å². The normalized spacial score (nSPS) is 11.6. The van der Waals surface area contributed by atoms with Crippen molar-refractivity contribution in [2.24, 2.45) is 0 Å². The molecular formula is C25H17Cl2F3O4. The zero-order valence-electron chi connectivity index (χ0n) is 17.9. The number of hydrogen-bond acceptors (Lipinski definition) is 4. The van der Waals surface area contributed by atoms with Crippen LogP contribution in [0.15, 0.2) is 63.8 Å². The lowest BCUT2D eigenvalue weighted by Crippen LogP contribution is -2.15. The van der Waals surface area contributed by atoms with E-state index >= 15 is 0 Å². The van der Waals surface area contributed by atoms with Crippen molar-refractivity contribution in [3.05, 3.63) is 97.3 Å². The minimum absolute atomic E-state index is 0.0739. The smallest absolute Gasteiger partial charge is 0.453 e. The highest BCUT2D eigenvalue weighted by Gasteiger charge is 2.40. The fraction of sp³-hybridized carbons (Fsp3) is 0.160. The summed E-state index contributed by atoms with van der Waals surface area (Å²) in [6.45, 7) is 3.51. The molecule has 0 amide bonds. The Kier molecular flexibility index (Phi) is 6.51. The number of fused-ring (bicyclic) bond motifs is 1. The number of halogens is 5. The molecule has 0 aliphatic rings. The van der Waals surface area contributed by atoms with Crippen LogP contribution in [0.1, 0.15) is 22.5 Å². The number of alkyl halides is 3. The fourth-order valence-electron chi connectivity index (χ4n) is 3.25. The largest absolute Gasteiger partial charge is 0.489 e. The Labute approximate surface area is 202 Å². The zero-order valence-corrected chi connectivity index (χ0v) is 19.4. The molecule has 0 radical (unpaired) electrons. The molecule has 4 aromatic rings. The maximum absolute atomic E-state index is 13.8. The molecule has 0 spiro atoms. The first-order chi connectivity index (χ1) is 16.0. The summed E-state index contributed by atoms with van der Waals surface area (Å²) in [6, 6.07) is 14.0. The molecule has 0 saturated heterocycles. The van der Waals surface area contributed by atoms with Crippen LogP contribution >= 0.6 is 23.2 Å². The molecule has 4 nitrogen and oxygen atoms in total. The van der Waals surface area contributed by atoms with E-state index in [2.05, 4.69) is 0 Å². The SMILES string of the molecule is Cc1ccc(C)c(Oc2c(C(F)(F)F)oc3cc(OCc4ccc(Cl)c(Cl)c4)ccc3c2=O)c1. The highest BCUT2D eigenvalue weighted by molar-refractivity contribution is 6.42. The molecule has 34 heavy (non-hydrogen) atoms. The Morgan fingerprint density at radius 3 is 2.41 bits per heavy atom. The molecule has 0 atom stereocenters. The summed E-state index contributed by atoms with van der Waals surface area (Å²) in [6.07, 6.45) is -4.96. The van der Waals surface area contributed by atoms with Crippen LogP contribution in [0, 0.1) is 13.8 Å². The van der Waals surface area contributed by atoms with Gasteiger partial charge in [-0.25, -0.2) is 0 Å². The van der Waals surface area contributed by atoms with Crippen LogP contribution in [0.25, 0.3) is 11.0 Å². The van der Waals surface area contributed by atoms with Gasteiger partial charge in [-0.05, 0) is 60.9 Å². The van der Waals surface area contributed by atoms with E-state index in [0.717, 1.165) is 5.56 Å². The molecule has 1 aromatic heterocycles. The van der Waals surface area contributed by atoms with Crippen LogP contribution in [0.2, 0.25) is 10.0 Å². The number of aryl methyl sites for hydroxylation is 2. The van der Waals surface area contributed by atoms with E-state index in [1.807, 2.05) is 0 Å². The molecule has 0 aliphatic carbocycles. The molecule has 0 fully saturated rings. The third kappa shape index (κ3) is 5.00. The second-order valence-corrected chi connectivity index (χ2v) is 8.47. The average molecular weight is 509 g/mol. The maximum Gasteiger partial charge on any atom is 0.453 e. The first kappa shape index (κ1) is 24.0. The predicted molar refractivity (Wildman–Crippen MR) is 124 cm³/mol. The van der Waals surface area contributed by atoms with E-state index in [4.69, 9.17) is 37.1 Å². The third-order valence-electron chi connectivity index (χ3n) is 5.02. The van der Waals surface area contributed by atoms with Gasteiger partial charge < -0.3 is 13.9 Å². The molecule has 1 heterocycles. The van der Waals surface area contributed by atoms with Crippen molar-refractivity contribution in [2.45, 2.75) is 26.6 Å². The van der Waals surface area contributed by atoms with Crippen molar-refractivity contribution in [1.82, 2.24) is 0 Å². The van der Waals surface area contributed by atoms with Crippen molar-refractivity contribution in [3.8, 4) is 17.2 Å². The molecule has 176 valence electrons. The van der Waals surface area contributed by atoms with Gasteiger partial charge in [-0.1, -0.05) is 41.4 Å². The molecule has 0 unspecified atom stereocenters. The summed E-state index contributed by atoms with van der Waals surface area (Å²) in [5, 5.41) is 0.658. The topological polar surface area (TPSA) is 48.7 Å². The Balaban J connectivity index is 1.73. The first-order valence-electron chi connectivity index (χ1n) is 10.0. The van der Waals surface area contributed by atoms with Gasteiger partial charge >= 0.3 is 6.18 Å². The zero-order chi connectivity index (χ0) is 24.6. The van der Waals surface area contributed by atoms with Crippen molar-refractivity contribution in [3.63, 3.8) is 0 Å². The average Bonchev–Trinajstić information content (AvgIpc) is 2.77. The highest BCUT2D eigenvalue weighted by atomic mass is 35.5. The molecule has 0 saturated carbocycles. The van der Waals surface area contributed by atoms with Gasteiger partial charge in [-0.2, -0.15) is 13.2 Å². The quantitative estimate of drug-likeness (QED) is 0.273. The van der Waals surface area contributed by atoms with Crippen LogP contribution < -0.4 is 14.9 Å². The number of ether oxygens (including phenoxy) is 2. The number of hydrogen-bond donors (Lipinski definition) is 0. The van der Waals surface area contributed by atoms with E-state index in [1.165, 1.54) is 18.2 Å². The maximum atomic E-state index is 13.8. The van der Waals surface area contributed by atoms with Gasteiger partial charge in [0.25, 0.3) is 5.76 Å². The lowest BCUT2D eigenvalue weighted by Gasteiger charge is -2.15. The summed E-state index contributed by atoms with van der Waals surface area (Å²) in [5.74, 6) is -2.09. The molecule has 9 heteroatoms. The van der Waals surface area contributed by atoms with Crippen molar-refractivity contribution in [2.75, 3.05) is 0 Å². The van der Waals surface area contributed by atoms with Crippen LogP contribution in [-0.2, 0) is 12.8 Å². The summed E-state index contributed by atoms with van der Waals surface area (Å²) < 4.78 is 57.7. The Morgan fingerprint density at radius 2 is 1.71 bits per heavy atom. The first-order valence-corrected chi connectivity index (χ1v) is 10.8. The van der Waals surface area contributed by atoms with Crippen molar-refractivity contribution >= 4 is 34.2 Å². The third-order valence-corrected chi connectivity index (χ3v) is 5.76. The van der Waals surface area contributed by atoms with E-state index < -0.39 is 23.1 Å². The summed E-state index contributed by atoms with van der Waals surface area (Å²) >= 11 is 11.9. The van der Waals surface area contributed by atoms with E-state index in [-0.39, 0.29) is 29.1 Å². The highest BCUT2D eigenvalue weighted by Crippen LogP contribution is 2.39. The van der Waals surface area contributed by atoms with Crippen LogP contribution in [0.4, 0.5) is 13.2 Å². The molecule has 0 aliphatic heterocycles. The second kappa shape index (κ2) is 9.24. The number of benzene rings is 3. The minimum Gasteiger partial charge on any atom is -0.489 e. The van der Waals surface area contributed by atoms with Gasteiger partial charge in [-0.15, -0.1) is 0 Å². The van der Waals surface area contributed by atoms with Gasteiger partial charge in [0.05, 0.1) is 15.4 Å². The fourth-order valence-corrected chi connectivity index (χ4v) is 3.57. The van der Waals surface area contributed by atoms with Gasteiger partial charge in [0, 0.05) is 6.07 Å². The second-order valence-electron chi connectivity index (χ2n) is 7.65. The summed E-state index contributed by atoms with van der Waals surface area (Å²) in [5.41, 5.74) is 0.819.